The van der Waals surface area contributed by atoms with Crippen molar-refractivity contribution in [3.05, 3.63) is 30.6 Å². The Labute approximate surface area is 163 Å². The average molecular weight is 384 g/mol. The van der Waals surface area contributed by atoms with Crippen LogP contribution in [0.3, 0.4) is 0 Å². The van der Waals surface area contributed by atoms with Crippen LogP contribution in [0.1, 0.15) is 32.7 Å². The van der Waals surface area contributed by atoms with E-state index in [1.807, 2.05) is 42.9 Å². The highest BCUT2D eigenvalue weighted by molar-refractivity contribution is 6.03. The lowest BCUT2D eigenvalue weighted by molar-refractivity contribution is -0.119. The number of benzene rings is 1. The summed E-state index contributed by atoms with van der Waals surface area (Å²) >= 11 is 0. The maximum Gasteiger partial charge on any atom is 0.411 e. The Kier molecular flexibility index (Phi) is 4.80. The molecule has 0 spiro atoms. The highest BCUT2D eigenvalue weighted by atomic mass is 16.5. The van der Waals surface area contributed by atoms with E-state index in [1.165, 1.54) is 4.90 Å². The number of anilines is 2. The summed E-state index contributed by atoms with van der Waals surface area (Å²) in [5.74, 6) is 0.0202. The van der Waals surface area contributed by atoms with Gasteiger partial charge in [0.05, 0.1) is 42.9 Å². The van der Waals surface area contributed by atoms with Gasteiger partial charge in [-0.05, 0) is 31.0 Å². The summed E-state index contributed by atoms with van der Waals surface area (Å²) < 4.78 is 7.09. The summed E-state index contributed by atoms with van der Waals surface area (Å²) in [7, 11) is 0. The SMILES string of the molecule is CCCC(=O)N1c2ccc(-c3cnn(C4COC4)c3)cc2N(C(=O)O)C[C@@H]1C. The summed E-state index contributed by atoms with van der Waals surface area (Å²) in [6.07, 6.45) is 3.90. The highest BCUT2D eigenvalue weighted by Gasteiger charge is 2.34. The van der Waals surface area contributed by atoms with E-state index in [9.17, 15) is 14.7 Å². The number of fused-ring (bicyclic) bond motifs is 1. The normalized spacial score (nSPS) is 19.3. The zero-order valence-corrected chi connectivity index (χ0v) is 16.0. The largest absolute Gasteiger partial charge is 0.465 e. The summed E-state index contributed by atoms with van der Waals surface area (Å²) in [5.41, 5.74) is 2.95. The van der Waals surface area contributed by atoms with Gasteiger partial charge in [-0.1, -0.05) is 13.0 Å². The molecular formula is C20H24N4O4. The molecule has 8 nitrogen and oxygen atoms in total. The van der Waals surface area contributed by atoms with E-state index in [2.05, 4.69) is 5.10 Å². The zero-order chi connectivity index (χ0) is 19.8. The van der Waals surface area contributed by atoms with Crippen molar-refractivity contribution in [1.82, 2.24) is 9.78 Å². The number of nitrogens with zero attached hydrogens (tertiary/aromatic N) is 4. The van der Waals surface area contributed by atoms with E-state index in [0.717, 1.165) is 17.5 Å². The van der Waals surface area contributed by atoms with Crippen molar-refractivity contribution in [2.24, 2.45) is 0 Å². The first-order valence-corrected chi connectivity index (χ1v) is 9.58. The first-order valence-electron chi connectivity index (χ1n) is 9.58. The van der Waals surface area contributed by atoms with Crippen LogP contribution in [0.25, 0.3) is 11.1 Å². The van der Waals surface area contributed by atoms with Crippen molar-refractivity contribution < 1.29 is 19.4 Å². The van der Waals surface area contributed by atoms with Crippen LogP contribution >= 0.6 is 0 Å². The number of carboxylic acid groups (broad SMARTS) is 1. The average Bonchev–Trinajstić information content (AvgIpc) is 3.08. The molecule has 28 heavy (non-hydrogen) atoms. The summed E-state index contributed by atoms with van der Waals surface area (Å²) in [6, 6.07) is 5.63. The van der Waals surface area contributed by atoms with Gasteiger partial charge >= 0.3 is 6.09 Å². The molecule has 3 heterocycles. The molecule has 4 rings (SSSR count). The molecule has 0 radical (unpaired) electrons. The number of ether oxygens (including phenoxy) is 1. The van der Waals surface area contributed by atoms with Crippen LogP contribution < -0.4 is 9.80 Å². The number of carbonyl (C=O) groups is 2. The third-order valence-electron chi connectivity index (χ3n) is 5.31. The fourth-order valence-corrected chi connectivity index (χ4v) is 3.76. The molecule has 2 aliphatic heterocycles. The van der Waals surface area contributed by atoms with Crippen molar-refractivity contribution in [3.8, 4) is 11.1 Å². The number of rotatable bonds is 4. The molecule has 2 amide bonds. The van der Waals surface area contributed by atoms with Crippen LogP contribution in [0.5, 0.6) is 0 Å². The molecule has 2 aromatic rings. The number of hydrogen-bond acceptors (Lipinski definition) is 4. The van der Waals surface area contributed by atoms with E-state index >= 15 is 0 Å². The molecule has 0 aliphatic carbocycles. The van der Waals surface area contributed by atoms with Crippen LogP contribution in [0, 0.1) is 0 Å². The number of hydrogen-bond donors (Lipinski definition) is 1. The van der Waals surface area contributed by atoms with Gasteiger partial charge in [-0.15, -0.1) is 0 Å². The molecule has 1 fully saturated rings. The minimum Gasteiger partial charge on any atom is -0.465 e. The van der Waals surface area contributed by atoms with E-state index < -0.39 is 6.09 Å². The Balaban J connectivity index is 1.73. The van der Waals surface area contributed by atoms with E-state index in [4.69, 9.17) is 4.74 Å². The second kappa shape index (κ2) is 7.27. The Morgan fingerprint density at radius 1 is 1.25 bits per heavy atom. The number of amides is 2. The standard InChI is InChI=1S/C20H24N4O4/c1-3-4-19(25)24-13(2)9-22(20(26)27)18-7-14(5-6-17(18)24)15-8-21-23(10-15)16-11-28-12-16/h5-8,10,13,16H,3-4,9,11-12H2,1-2H3,(H,26,27)/t13-/m0/s1. The van der Waals surface area contributed by atoms with Crippen LogP contribution in [-0.4, -0.2) is 52.7 Å². The molecule has 8 heteroatoms. The smallest absolute Gasteiger partial charge is 0.411 e. The molecule has 148 valence electrons. The van der Waals surface area contributed by atoms with Gasteiger partial charge in [0.25, 0.3) is 0 Å². The van der Waals surface area contributed by atoms with Gasteiger partial charge < -0.3 is 14.7 Å². The quantitative estimate of drug-likeness (QED) is 0.875. The number of aromatic nitrogens is 2. The molecule has 0 unspecified atom stereocenters. The maximum absolute atomic E-state index is 12.7. The van der Waals surface area contributed by atoms with Crippen molar-refractivity contribution in [1.29, 1.82) is 0 Å². The second-order valence-corrected chi connectivity index (χ2v) is 7.36. The van der Waals surface area contributed by atoms with Crippen LogP contribution in [0.15, 0.2) is 30.6 Å². The van der Waals surface area contributed by atoms with Crippen LogP contribution in [-0.2, 0) is 9.53 Å². The van der Waals surface area contributed by atoms with Crippen molar-refractivity contribution in [3.63, 3.8) is 0 Å². The molecule has 0 saturated carbocycles. The van der Waals surface area contributed by atoms with Crippen molar-refractivity contribution in [2.45, 2.75) is 38.8 Å². The van der Waals surface area contributed by atoms with E-state index in [0.29, 0.717) is 31.0 Å². The van der Waals surface area contributed by atoms with Gasteiger partial charge in [0.2, 0.25) is 5.91 Å². The topological polar surface area (TPSA) is 87.9 Å². The van der Waals surface area contributed by atoms with E-state index in [-0.39, 0.29) is 24.5 Å². The summed E-state index contributed by atoms with van der Waals surface area (Å²) in [4.78, 5) is 27.6. The molecule has 0 bridgehead atoms. The summed E-state index contributed by atoms with van der Waals surface area (Å²) in [5, 5.41) is 14.1. The molecule has 1 aromatic carbocycles. The zero-order valence-electron chi connectivity index (χ0n) is 16.0. The molecular weight excluding hydrogens is 360 g/mol. The fraction of sp³-hybridized carbons (Fsp3) is 0.450. The Morgan fingerprint density at radius 2 is 2.04 bits per heavy atom. The monoisotopic (exact) mass is 384 g/mol. The van der Waals surface area contributed by atoms with Crippen LogP contribution in [0.2, 0.25) is 0 Å². The lowest BCUT2D eigenvalue weighted by Crippen LogP contribution is -2.51. The van der Waals surface area contributed by atoms with Gasteiger partial charge in [-0.25, -0.2) is 4.79 Å². The van der Waals surface area contributed by atoms with Crippen molar-refractivity contribution in [2.75, 3.05) is 29.6 Å². The Morgan fingerprint density at radius 3 is 2.68 bits per heavy atom. The van der Waals surface area contributed by atoms with Gasteiger partial charge in [0, 0.05) is 24.7 Å². The molecule has 2 aliphatic rings. The lowest BCUT2D eigenvalue weighted by atomic mass is 10.0. The van der Waals surface area contributed by atoms with Gasteiger partial charge in [-0.2, -0.15) is 5.10 Å². The minimum absolute atomic E-state index is 0.0202. The minimum atomic E-state index is -1.02. The predicted molar refractivity (Wildman–Crippen MR) is 105 cm³/mol. The van der Waals surface area contributed by atoms with Gasteiger partial charge in [-0.3, -0.25) is 14.4 Å². The molecule has 1 N–H and O–H groups in total. The van der Waals surface area contributed by atoms with E-state index in [1.54, 1.807) is 11.1 Å². The van der Waals surface area contributed by atoms with Crippen molar-refractivity contribution >= 4 is 23.4 Å². The second-order valence-electron chi connectivity index (χ2n) is 7.36. The van der Waals surface area contributed by atoms with Gasteiger partial charge in [0.15, 0.2) is 0 Å². The predicted octanol–water partition coefficient (Wildman–Crippen LogP) is 3.14. The first kappa shape index (κ1) is 18.5. The fourth-order valence-electron chi connectivity index (χ4n) is 3.76. The maximum atomic E-state index is 12.7. The van der Waals surface area contributed by atoms with Crippen LogP contribution in [0.4, 0.5) is 16.2 Å². The third kappa shape index (κ3) is 3.13. The highest BCUT2D eigenvalue weighted by Crippen LogP contribution is 2.39. The molecule has 1 saturated heterocycles. The Hall–Kier alpha value is -2.87. The number of carbonyl (C=O) groups excluding carboxylic acids is 1. The first-order chi connectivity index (χ1) is 13.5. The summed E-state index contributed by atoms with van der Waals surface area (Å²) in [6.45, 7) is 5.41. The molecule has 1 atom stereocenters. The van der Waals surface area contributed by atoms with Gasteiger partial charge in [0.1, 0.15) is 0 Å². The third-order valence-corrected chi connectivity index (χ3v) is 5.31. The molecule has 1 aromatic heterocycles. The Bertz CT molecular complexity index is 905. The lowest BCUT2D eigenvalue weighted by Gasteiger charge is -2.40.